The standard InChI is InChI=1S/C23H17ClIN7O/c1-14(23(33)27-18-7-9-20(30-29-18)31-11-10-26-13-31)22-21(15-2-5-17(25)6-3-15)28-19-8-4-16(24)12-32(19)22/h2-14H,1H3,(H,27,29,33). The molecule has 0 radical (unpaired) electrons. The van der Waals surface area contributed by atoms with Crippen molar-refractivity contribution in [3.63, 3.8) is 0 Å². The molecule has 0 saturated carbocycles. The van der Waals surface area contributed by atoms with Gasteiger partial charge in [-0.15, -0.1) is 10.2 Å². The molecule has 1 unspecified atom stereocenters. The van der Waals surface area contributed by atoms with Gasteiger partial charge < -0.3 is 9.72 Å². The molecule has 1 aromatic carbocycles. The zero-order valence-electron chi connectivity index (χ0n) is 17.4. The number of halogens is 2. The number of amides is 1. The van der Waals surface area contributed by atoms with Crippen molar-refractivity contribution in [2.75, 3.05) is 5.32 Å². The molecule has 0 spiro atoms. The van der Waals surface area contributed by atoms with E-state index in [0.29, 0.717) is 22.3 Å². The molecule has 5 rings (SSSR count). The highest BCUT2D eigenvalue weighted by Gasteiger charge is 2.25. The molecule has 4 heterocycles. The van der Waals surface area contributed by atoms with E-state index < -0.39 is 5.92 Å². The first-order chi connectivity index (χ1) is 16.0. The molecule has 10 heteroatoms. The van der Waals surface area contributed by atoms with Crippen molar-refractivity contribution in [2.45, 2.75) is 12.8 Å². The molecule has 0 bridgehead atoms. The van der Waals surface area contributed by atoms with Crippen LogP contribution in [0.3, 0.4) is 0 Å². The average molecular weight is 570 g/mol. The Kier molecular flexibility index (Phi) is 5.81. The van der Waals surface area contributed by atoms with Crippen molar-refractivity contribution < 1.29 is 4.79 Å². The lowest BCUT2D eigenvalue weighted by molar-refractivity contribution is -0.117. The van der Waals surface area contributed by atoms with Gasteiger partial charge in [-0.1, -0.05) is 23.7 Å². The van der Waals surface area contributed by atoms with Crippen LogP contribution in [0.4, 0.5) is 5.82 Å². The van der Waals surface area contributed by atoms with E-state index in [1.807, 2.05) is 41.7 Å². The zero-order chi connectivity index (χ0) is 22.9. The number of fused-ring (bicyclic) bond motifs is 1. The number of carbonyl (C=O) groups is 1. The van der Waals surface area contributed by atoms with Gasteiger partial charge in [0.25, 0.3) is 0 Å². The minimum Gasteiger partial charge on any atom is -0.309 e. The number of nitrogens with one attached hydrogen (secondary N) is 1. The smallest absolute Gasteiger partial charge is 0.234 e. The number of nitrogens with zero attached hydrogens (tertiary/aromatic N) is 6. The Labute approximate surface area is 207 Å². The van der Waals surface area contributed by atoms with E-state index in [9.17, 15) is 4.79 Å². The van der Waals surface area contributed by atoms with Gasteiger partial charge in [0.05, 0.1) is 22.3 Å². The van der Waals surface area contributed by atoms with Gasteiger partial charge in [0.2, 0.25) is 5.91 Å². The first-order valence-electron chi connectivity index (χ1n) is 10.1. The van der Waals surface area contributed by atoms with E-state index in [1.165, 1.54) is 0 Å². The van der Waals surface area contributed by atoms with Crippen LogP contribution in [0.5, 0.6) is 0 Å². The van der Waals surface area contributed by atoms with Gasteiger partial charge >= 0.3 is 0 Å². The van der Waals surface area contributed by atoms with Gasteiger partial charge in [-0.05, 0) is 65.9 Å². The lowest BCUT2D eigenvalue weighted by Gasteiger charge is -2.14. The lowest BCUT2D eigenvalue weighted by Crippen LogP contribution is -2.21. The summed E-state index contributed by atoms with van der Waals surface area (Å²) in [5, 5.41) is 11.7. The molecule has 8 nitrogen and oxygen atoms in total. The van der Waals surface area contributed by atoms with Gasteiger partial charge in [-0.25, -0.2) is 9.97 Å². The van der Waals surface area contributed by atoms with Gasteiger partial charge in [-0.3, -0.25) is 9.36 Å². The van der Waals surface area contributed by atoms with Gasteiger partial charge in [0, 0.05) is 27.7 Å². The summed E-state index contributed by atoms with van der Waals surface area (Å²) in [7, 11) is 0. The van der Waals surface area contributed by atoms with Gasteiger partial charge in [0.1, 0.15) is 12.0 Å². The Morgan fingerprint density at radius 1 is 1.09 bits per heavy atom. The summed E-state index contributed by atoms with van der Waals surface area (Å²) in [6.45, 7) is 1.84. The fourth-order valence-corrected chi connectivity index (χ4v) is 4.07. The van der Waals surface area contributed by atoms with Crippen LogP contribution in [0.2, 0.25) is 5.02 Å². The molecular weight excluding hydrogens is 553 g/mol. The van der Waals surface area contributed by atoms with Crippen LogP contribution in [0.25, 0.3) is 22.7 Å². The number of pyridine rings is 1. The number of anilines is 1. The Morgan fingerprint density at radius 3 is 2.61 bits per heavy atom. The summed E-state index contributed by atoms with van der Waals surface area (Å²) in [5.41, 5.74) is 3.12. The second-order valence-electron chi connectivity index (χ2n) is 7.39. The molecule has 1 atom stereocenters. The first-order valence-corrected chi connectivity index (χ1v) is 11.5. The Morgan fingerprint density at radius 2 is 1.91 bits per heavy atom. The number of imidazole rings is 2. The summed E-state index contributed by atoms with van der Waals surface area (Å²) in [6, 6.07) is 15.1. The van der Waals surface area contributed by atoms with Crippen molar-refractivity contribution in [1.29, 1.82) is 0 Å². The van der Waals surface area contributed by atoms with E-state index in [1.54, 1.807) is 47.7 Å². The van der Waals surface area contributed by atoms with Gasteiger partial charge in [0.15, 0.2) is 11.6 Å². The average Bonchev–Trinajstić information content (AvgIpc) is 3.48. The van der Waals surface area contributed by atoms with Crippen molar-refractivity contribution in [3.8, 4) is 17.1 Å². The summed E-state index contributed by atoms with van der Waals surface area (Å²) in [4.78, 5) is 22.0. The van der Waals surface area contributed by atoms with Crippen LogP contribution in [0, 0.1) is 3.57 Å². The second-order valence-corrected chi connectivity index (χ2v) is 9.07. The maximum atomic E-state index is 13.2. The number of carbonyl (C=O) groups excluding carboxylic acids is 1. The third-order valence-electron chi connectivity index (χ3n) is 5.21. The molecule has 1 amide bonds. The molecule has 5 aromatic rings. The molecule has 1 N–H and O–H groups in total. The maximum Gasteiger partial charge on any atom is 0.234 e. The molecule has 0 aliphatic heterocycles. The van der Waals surface area contributed by atoms with Crippen LogP contribution in [0.15, 0.2) is 73.4 Å². The van der Waals surface area contributed by atoms with Crippen molar-refractivity contribution in [2.24, 2.45) is 0 Å². The highest BCUT2D eigenvalue weighted by atomic mass is 127. The quantitative estimate of drug-likeness (QED) is 0.302. The van der Waals surface area contributed by atoms with Crippen LogP contribution in [-0.2, 0) is 4.79 Å². The van der Waals surface area contributed by atoms with Gasteiger partial charge in [-0.2, -0.15) is 0 Å². The van der Waals surface area contributed by atoms with Crippen LogP contribution in [-0.4, -0.2) is 35.0 Å². The molecule has 0 aliphatic rings. The molecule has 4 aromatic heterocycles. The SMILES string of the molecule is CC(C(=O)Nc1ccc(-n2ccnc2)nn1)c1c(-c2ccc(I)cc2)nc2ccc(Cl)cn12. The maximum absolute atomic E-state index is 13.2. The molecule has 0 aliphatic carbocycles. The van der Waals surface area contributed by atoms with E-state index in [2.05, 4.69) is 43.1 Å². The number of hydrogen-bond donors (Lipinski definition) is 1. The summed E-state index contributed by atoms with van der Waals surface area (Å²) in [5.74, 6) is 0.199. The highest BCUT2D eigenvalue weighted by Crippen LogP contribution is 2.32. The zero-order valence-corrected chi connectivity index (χ0v) is 20.3. The van der Waals surface area contributed by atoms with E-state index in [-0.39, 0.29) is 5.91 Å². The highest BCUT2D eigenvalue weighted by molar-refractivity contribution is 14.1. The largest absolute Gasteiger partial charge is 0.309 e. The van der Waals surface area contributed by atoms with Crippen LogP contribution < -0.4 is 5.32 Å². The minimum atomic E-state index is -0.539. The summed E-state index contributed by atoms with van der Waals surface area (Å²) in [6.07, 6.45) is 6.84. The Bertz CT molecular complexity index is 1430. The van der Waals surface area contributed by atoms with Crippen molar-refractivity contribution >= 4 is 51.6 Å². The molecule has 0 fully saturated rings. The summed E-state index contributed by atoms with van der Waals surface area (Å²) >= 11 is 8.52. The van der Waals surface area contributed by atoms with Crippen LogP contribution in [0.1, 0.15) is 18.5 Å². The van der Waals surface area contributed by atoms with Crippen LogP contribution >= 0.6 is 34.2 Å². The van der Waals surface area contributed by atoms with E-state index in [0.717, 1.165) is 20.5 Å². The number of benzene rings is 1. The monoisotopic (exact) mass is 569 g/mol. The molecular formula is C23H17ClIN7O. The molecule has 33 heavy (non-hydrogen) atoms. The topological polar surface area (TPSA) is 90.0 Å². The Hall–Kier alpha value is -3.31. The lowest BCUT2D eigenvalue weighted by atomic mass is 10.0. The third-order valence-corrected chi connectivity index (χ3v) is 6.15. The van der Waals surface area contributed by atoms with Crippen molar-refractivity contribution in [3.05, 3.63) is 87.7 Å². The molecule has 0 saturated heterocycles. The van der Waals surface area contributed by atoms with E-state index in [4.69, 9.17) is 16.6 Å². The summed E-state index contributed by atoms with van der Waals surface area (Å²) < 4.78 is 4.72. The fourth-order valence-electron chi connectivity index (χ4n) is 3.55. The second kappa shape index (κ2) is 8.91. The normalized spacial score (nSPS) is 12.1. The fraction of sp³-hybridized carbons (Fsp3) is 0.0870. The van der Waals surface area contributed by atoms with Crippen molar-refractivity contribution in [1.82, 2.24) is 29.1 Å². The predicted octanol–water partition coefficient (Wildman–Crippen LogP) is 4.98. The minimum absolute atomic E-state index is 0.229. The molecule has 164 valence electrons. The third kappa shape index (κ3) is 4.33. The number of hydrogen-bond acceptors (Lipinski definition) is 5. The first kappa shape index (κ1) is 21.5. The Balaban J connectivity index is 1.48. The predicted molar refractivity (Wildman–Crippen MR) is 135 cm³/mol. The number of rotatable bonds is 5. The number of aromatic nitrogens is 6. The van der Waals surface area contributed by atoms with E-state index >= 15 is 0 Å².